The van der Waals surface area contributed by atoms with Crippen molar-refractivity contribution < 1.29 is 14.3 Å². The average Bonchev–Trinajstić information content (AvgIpc) is 2.95. The van der Waals surface area contributed by atoms with Gasteiger partial charge in [-0.2, -0.15) is 11.8 Å². The van der Waals surface area contributed by atoms with Gasteiger partial charge >= 0.3 is 5.97 Å². The number of carbonyl (C=O) groups is 1. The molecule has 1 aromatic heterocycles. The maximum Gasteiger partial charge on any atom is 0.323 e. The quantitative estimate of drug-likeness (QED) is 0.612. The Labute approximate surface area is 125 Å². The Bertz CT molecular complexity index is 380. The van der Waals surface area contributed by atoms with Crippen LogP contribution in [0, 0.1) is 0 Å². The lowest BCUT2D eigenvalue weighted by molar-refractivity contribution is -0.145. The van der Waals surface area contributed by atoms with Gasteiger partial charge in [0.1, 0.15) is 11.3 Å². The van der Waals surface area contributed by atoms with E-state index in [0.29, 0.717) is 12.8 Å². The standard InChI is InChI=1S/C15H25NO3S/c1-3-9-16-15(4-2,14(17)18)8-6-11-20-12-13-7-5-10-19-13/h5,7,10,16H,3-4,6,8-9,11-12H2,1-2H3,(H,17,18). The van der Waals surface area contributed by atoms with Gasteiger partial charge in [-0.3, -0.25) is 4.79 Å². The molecule has 4 nitrogen and oxygen atoms in total. The van der Waals surface area contributed by atoms with Crippen molar-refractivity contribution in [3.05, 3.63) is 24.2 Å². The molecule has 20 heavy (non-hydrogen) atoms. The Morgan fingerprint density at radius 2 is 2.30 bits per heavy atom. The van der Waals surface area contributed by atoms with Gasteiger partial charge in [0.2, 0.25) is 0 Å². The molecule has 1 atom stereocenters. The minimum absolute atomic E-state index is 0.616. The molecule has 114 valence electrons. The van der Waals surface area contributed by atoms with Gasteiger partial charge in [-0.1, -0.05) is 13.8 Å². The molecule has 1 unspecified atom stereocenters. The van der Waals surface area contributed by atoms with Crippen molar-refractivity contribution >= 4 is 17.7 Å². The van der Waals surface area contributed by atoms with Crippen LogP contribution in [0.15, 0.2) is 22.8 Å². The van der Waals surface area contributed by atoms with Gasteiger partial charge in [0, 0.05) is 0 Å². The summed E-state index contributed by atoms with van der Waals surface area (Å²) >= 11 is 1.78. The number of nitrogens with one attached hydrogen (secondary N) is 1. The fraction of sp³-hybridized carbons (Fsp3) is 0.667. The lowest BCUT2D eigenvalue weighted by Gasteiger charge is -2.29. The first-order valence-corrected chi connectivity index (χ1v) is 8.38. The third-order valence-corrected chi connectivity index (χ3v) is 4.51. The molecule has 0 aliphatic carbocycles. The Morgan fingerprint density at radius 1 is 1.50 bits per heavy atom. The molecule has 1 heterocycles. The number of thioether (sulfide) groups is 1. The second kappa shape index (κ2) is 9.08. The molecule has 2 N–H and O–H groups in total. The number of carboxylic acid groups (broad SMARTS) is 1. The van der Waals surface area contributed by atoms with Gasteiger partial charge in [-0.15, -0.1) is 0 Å². The van der Waals surface area contributed by atoms with E-state index >= 15 is 0 Å². The van der Waals surface area contributed by atoms with Gasteiger partial charge in [0.15, 0.2) is 0 Å². The Balaban J connectivity index is 2.32. The third-order valence-electron chi connectivity index (χ3n) is 3.44. The largest absolute Gasteiger partial charge is 0.480 e. The first-order valence-electron chi connectivity index (χ1n) is 7.23. The molecular formula is C15H25NO3S. The van der Waals surface area contributed by atoms with Crippen LogP contribution in [0.25, 0.3) is 0 Å². The lowest BCUT2D eigenvalue weighted by atomic mass is 9.90. The summed E-state index contributed by atoms with van der Waals surface area (Å²) in [5.41, 5.74) is -0.763. The van der Waals surface area contributed by atoms with Crippen molar-refractivity contribution in [2.45, 2.75) is 50.8 Å². The number of furan rings is 1. The first-order chi connectivity index (χ1) is 9.64. The summed E-state index contributed by atoms with van der Waals surface area (Å²) in [7, 11) is 0. The second-order valence-corrected chi connectivity index (χ2v) is 6.01. The van der Waals surface area contributed by atoms with E-state index < -0.39 is 11.5 Å². The summed E-state index contributed by atoms with van der Waals surface area (Å²) < 4.78 is 5.27. The van der Waals surface area contributed by atoms with Gasteiger partial charge < -0.3 is 14.8 Å². The van der Waals surface area contributed by atoms with E-state index in [1.54, 1.807) is 18.0 Å². The zero-order valence-electron chi connectivity index (χ0n) is 12.4. The topological polar surface area (TPSA) is 62.5 Å². The van der Waals surface area contributed by atoms with Crippen LogP contribution < -0.4 is 5.32 Å². The Morgan fingerprint density at radius 3 is 2.85 bits per heavy atom. The van der Waals surface area contributed by atoms with Gasteiger partial charge in [0.25, 0.3) is 0 Å². The fourth-order valence-corrected chi connectivity index (χ4v) is 2.99. The highest BCUT2D eigenvalue weighted by Gasteiger charge is 2.35. The molecule has 0 fully saturated rings. The molecule has 0 aliphatic rings. The van der Waals surface area contributed by atoms with Crippen LogP contribution in [0.4, 0.5) is 0 Å². The summed E-state index contributed by atoms with van der Waals surface area (Å²) in [5, 5.41) is 12.7. The maximum atomic E-state index is 11.5. The van der Waals surface area contributed by atoms with Crippen molar-refractivity contribution in [1.29, 1.82) is 0 Å². The Kier molecular flexibility index (Phi) is 7.77. The first kappa shape index (κ1) is 17.1. The van der Waals surface area contributed by atoms with Gasteiger partial charge in [0.05, 0.1) is 12.0 Å². The second-order valence-electron chi connectivity index (χ2n) is 4.90. The molecule has 0 amide bonds. The lowest BCUT2D eigenvalue weighted by Crippen LogP contribution is -2.52. The molecule has 1 rings (SSSR count). The Hall–Kier alpha value is -0.940. The van der Waals surface area contributed by atoms with Crippen LogP contribution in [0.3, 0.4) is 0 Å². The molecular weight excluding hydrogens is 274 g/mol. The van der Waals surface area contributed by atoms with E-state index in [1.807, 2.05) is 19.1 Å². The summed E-state index contributed by atoms with van der Waals surface area (Å²) in [6.07, 6.45) is 4.80. The number of aliphatic carboxylic acids is 1. The maximum absolute atomic E-state index is 11.5. The van der Waals surface area contributed by atoms with Crippen molar-refractivity contribution in [1.82, 2.24) is 5.32 Å². The number of rotatable bonds is 11. The highest BCUT2D eigenvalue weighted by atomic mass is 32.2. The van der Waals surface area contributed by atoms with Crippen LogP contribution in [-0.4, -0.2) is 28.9 Å². The van der Waals surface area contributed by atoms with Crippen LogP contribution in [-0.2, 0) is 10.5 Å². The van der Waals surface area contributed by atoms with Gasteiger partial charge in [-0.05, 0) is 50.1 Å². The predicted molar refractivity (Wildman–Crippen MR) is 83.1 cm³/mol. The van der Waals surface area contributed by atoms with Crippen molar-refractivity contribution in [2.24, 2.45) is 0 Å². The van der Waals surface area contributed by atoms with E-state index in [2.05, 4.69) is 12.2 Å². The highest BCUT2D eigenvalue weighted by Crippen LogP contribution is 2.21. The average molecular weight is 299 g/mol. The number of hydrogen-bond acceptors (Lipinski definition) is 4. The van der Waals surface area contributed by atoms with Gasteiger partial charge in [-0.25, -0.2) is 0 Å². The molecule has 0 saturated carbocycles. The molecule has 1 aromatic rings. The minimum Gasteiger partial charge on any atom is -0.480 e. The molecule has 0 aromatic carbocycles. The van der Waals surface area contributed by atoms with Crippen molar-refractivity contribution in [3.63, 3.8) is 0 Å². The normalized spacial score (nSPS) is 14.1. The molecule has 0 saturated heterocycles. The molecule has 0 spiro atoms. The van der Waals surface area contributed by atoms with Crippen LogP contribution in [0.5, 0.6) is 0 Å². The van der Waals surface area contributed by atoms with E-state index in [9.17, 15) is 9.90 Å². The fourth-order valence-electron chi connectivity index (χ4n) is 2.13. The summed E-state index contributed by atoms with van der Waals surface area (Å²) in [6, 6.07) is 3.85. The monoisotopic (exact) mass is 299 g/mol. The van der Waals surface area contributed by atoms with Crippen LogP contribution in [0.1, 0.15) is 45.3 Å². The molecule has 0 radical (unpaired) electrons. The zero-order chi connectivity index (χ0) is 14.8. The summed E-state index contributed by atoms with van der Waals surface area (Å²) in [4.78, 5) is 11.5. The molecule has 0 bridgehead atoms. The van der Waals surface area contributed by atoms with Crippen LogP contribution >= 0.6 is 11.8 Å². The van der Waals surface area contributed by atoms with Crippen molar-refractivity contribution in [3.8, 4) is 0 Å². The van der Waals surface area contributed by atoms with E-state index in [4.69, 9.17) is 4.42 Å². The highest BCUT2D eigenvalue weighted by molar-refractivity contribution is 7.98. The predicted octanol–water partition coefficient (Wildman–Crippen LogP) is 3.53. The number of carboxylic acids is 1. The summed E-state index contributed by atoms with van der Waals surface area (Å²) in [5.74, 6) is 2.04. The van der Waals surface area contributed by atoms with E-state index in [1.165, 1.54) is 0 Å². The van der Waals surface area contributed by atoms with Crippen molar-refractivity contribution in [2.75, 3.05) is 12.3 Å². The molecule has 5 heteroatoms. The summed E-state index contributed by atoms with van der Waals surface area (Å²) in [6.45, 7) is 4.74. The SMILES string of the molecule is CCCNC(CC)(CCCSCc1ccco1)C(=O)O. The number of hydrogen-bond donors (Lipinski definition) is 2. The smallest absolute Gasteiger partial charge is 0.323 e. The third kappa shape index (κ3) is 5.21. The zero-order valence-corrected chi connectivity index (χ0v) is 13.2. The minimum atomic E-state index is -0.763. The van der Waals surface area contributed by atoms with E-state index in [-0.39, 0.29) is 0 Å². The van der Waals surface area contributed by atoms with Crippen LogP contribution in [0.2, 0.25) is 0 Å². The van der Waals surface area contributed by atoms with E-state index in [0.717, 1.165) is 36.7 Å². The molecule has 0 aliphatic heterocycles.